The first-order valence-electron chi connectivity index (χ1n) is 11.4. The maximum atomic E-state index is 4.99. The van der Waals surface area contributed by atoms with Crippen molar-refractivity contribution in [3.63, 3.8) is 0 Å². The van der Waals surface area contributed by atoms with Crippen LogP contribution in [0.2, 0.25) is 0 Å². The van der Waals surface area contributed by atoms with Crippen LogP contribution in [0.15, 0.2) is 23.4 Å². The molecule has 0 radical (unpaired) electrons. The number of piperazine rings is 1. The lowest BCUT2D eigenvalue weighted by molar-refractivity contribution is 0.258. The highest BCUT2D eigenvalue weighted by atomic mass is 32.2. The van der Waals surface area contributed by atoms with Crippen molar-refractivity contribution in [2.45, 2.75) is 62.8 Å². The average molecular weight is 429 g/mol. The van der Waals surface area contributed by atoms with Gasteiger partial charge in [0.2, 0.25) is 0 Å². The molecule has 0 bridgehead atoms. The van der Waals surface area contributed by atoms with Gasteiger partial charge in [0, 0.05) is 68.3 Å². The number of hydrogen-bond donors (Lipinski definition) is 0. The summed E-state index contributed by atoms with van der Waals surface area (Å²) in [4.78, 5) is 15.0. The van der Waals surface area contributed by atoms with E-state index in [-0.39, 0.29) is 5.41 Å². The largest absolute Gasteiger partial charge is 0.354 e. The molecule has 7 heteroatoms. The van der Waals surface area contributed by atoms with Gasteiger partial charge in [-0.3, -0.25) is 9.58 Å². The molecule has 1 aliphatic heterocycles. The summed E-state index contributed by atoms with van der Waals surface area (Å²) in [6.07, 6.45) is 7.12. The molecule has 6 nitrogen and oxygen atoms in total. The summed E-state index contributed by atoms with van der Waals surface area (Å²) in [6, 6.07) is 4.37. The van der Waals surface area contributed by atoms with Crippen molar-refractivity contribution in [1.82, 2.24) is 24.6 Å². The number of aromatic nitrogens is 4. The van der Waals surface area contributed by atoms with Crippen LogP contribution in [0.1, 0.15) is 63.9 Å². The monoisotopic (exact) mass is 428 g/mol. The van der Waals surface area contributed by atoms with E-state index in [0.717, 1.165) is 55.1 Å². The van der Waals surface area contributed by atoms with E-state index in [1.807, 2.05) is 29.7 Å². The van der Waals surface area contributed by atoms with E-state index in [1.54, 1.807) is 0 Å². The standard InChI is InChI=1S/C23H36N6S/c1-23(2,3)22-24-19(18-7-5-8-18)17-20(25-22)29-14-12-28(13-15-29)10-6-16-30-21-9-11-27(4)26-21/h9,11,17-18H,5-8,10,12-16H2,1-4H3. The van der Waals surface area contributed by atoms with Crippen LogP contribution >= 0.6 is 11.8 Å². The lowest BCUT2D eigenvalue weighted by Gasteiger charge is -2.36. The molecule has 30 heavy (non-hydrogen) atoms. The van der Waals surface area contributed by atoms with E-state index in [1.165, 1.54) is 31.4 Å². The zero-order chi connectivity index (χ0) is 21.1. The summed E-state index contributed by atoms with van der Waals surface area (Å²) in [5.41, 5.74) is 1.26. The molecule has 1 aliphatic carbocycles. The fourth-order valence-electron chi connectivity index (χ4n) is 4.00. The van der Waals surface area contributed by atoms with E-state index < -0.39 is 0 Å². The van der Waals surface area contributed by atoms with Crippen molar-refractivity contribution in [3.05, 3.63) is 29.8 Å². The lowest BCUT2D eigenvalue weighted by atomic mass is 9.82. The Bertz CT molecular complexity index is 830. The van der Waals surface area contributed by atoms with Gasteiger partial charge in [-0.2, -0.15) is 5.10 Å². The van der Waals surface area contributed by atoms with Gasteiger partial charge in [-0.1, -0.05) is 27.2 Å². The smallest absolute Gasteiger partial charge is 0.136 e. The Morgan fingerprint density at radius 1 is 1.10 bits per heavy atom. The van der Waals surface area contributed by atoms with E-state index in [4.69, 9.17) is 9.97 Å². The second kappa shape index (κ2) is 9.27. The maximum absolute atomic E-state index is 4.99. The minimum absolute atomic E-state index is 0.0123. The van der Waals surface area contributed by atoms with Gasteiger partial charge in [-0.25, -0.2) is 9.97 Å². The molecule has 4 rings (SSSR count). The Morgan fingerprint density at radius 2 is 1.87 bits per heavy atom. The third kappa shape index (κ3) is 5.35. The van der Waals surface area contributed by atoms with Crippen LogP contribution in [0.3, 0.4) is 0 Å². The quantitative estimate of drug-likeness (QED) is 0.489. The molecule has 1 saturated carbocycles. The molecule has 2 aromatic rings. The Labute approximate surface area is 185 Å². The van der Waals surface area contributed by atoms with Crippen molar-refractivity contribution in [3.8, 4) is 0 Å². The molecule has 0 aromatic carbocycles. The van der Waals surface area contributed by atoms with Gasteiger partial charge in [-0.15, -0.1) is 11.8 Å². The maximum Gasteiger partial charge on any atom is 0.136 e. The molecule has 2 aromatic heterocycles. The predicted molar refractivity (Wildman–Crippen MR) is 125 cm³/mol. The van der Waals surface area contributed by atoms with Crippen LogP contribution in [0.4, 0.5) is 5.82 Å². The zero-order valence-electron chi connectivity index (χ0n) is 19.0. The fraction of sp³-hybridized carbons (Fsp3) is 0.696. The molecule has 2 fully saturated rings. The third-order valence-electron chi connectivity index (χ3n) is 6.18. The van der Waals surface area contributed by atoms with Gasteiger partial charge in [0.1, 0.15) is 16.7 Å². The molecular weight excluding hydrogens is 392 g/mol. The van der Waals surface area contributed by atoms with Gasteiger partial charge < -0.3 is 4.90 Å². The average Bonchev–Trinajstić information content (AvgIpc) is 3.09. The Balaban J connectivity index is 1.30. The van der Waals surface area contributed by atoms with Crippen LogP contribution in [0.5, 0.6) is 0 Å². The van der Waals surface area contributed by atoms with Gasteiger partial charge in [0.05, 0.1) is 0 Å². The first-order chi connectivity index (χ1) is 14.4. The second-order valence-electron chi connectivity index (χ2n) is 9.71. The minimum Gasteiger partial charge on any atom is -0.354 e. The van der Waals surface area contributed by atoms with E-state index >= 15 is 0 Å². The molecule has 0 amide bonds. The lowest BCUT2D eigenvalue weighted by Crippen LogP contribution is -2.47. The summed E-state index contributed by atoms with van der Waals surface area (Å²) < 4.78 is 1.87. The Morgan fingerprint density at radius 3 is 2.47 bits per heavy atom. The molecule has 164 valence electrons. The number of anilines is 1. The molecule has 0 spiro atoms. The SMILES string of the molecule is Cn1ccc(SCCCN2CCN(c3cc(C4CCC4)nc(C(C)(C)C)n3)CC2)n1. The van der Waals surface area contributed by atoms with Crippen molar-refractivity contribution < 1.29 is 0 Å². The van der Waals surface area contributed by atoms with Gasteiger partial charge in [0.15, 0.2) is 0 Å². The minimum atomic E-state index is -0.0123. The molecule has 0 N–H and O–H groups in total. The molecule has 1 saturated heterocycles. The summed E-state index contributed by atoms with van der Waals surface area (Å²) >= 11 is 1.86. The number of rotatable bonds is 7. The van der Waals surface area contributed by atoms with Gasteiger partial charge in [-0.05, 0) is 31.9 Å². The van der Waals surface area contributed by atoms with Crippen molar-refractivity contribution in [2.24, 2.45) is 7.05 Å². The van der Waals surface area contributed by atoms with Crippen molar-refractivity contribution in [2.75, 3.05) is 43.4 Å². The van der Waals surface area contributed by atoms with E-state index in [0.29, 0.717) is 5.92 Å². The number of aryl methyl sites for hydroxylation is 1. The van der Waals surface area contributed by atoms with Crippen LogP contribution in [0.25, 0.3) is 0 Å². The van der Waals surface area contributed by atoms with Crippen molar-refractivity contribution in [1.29, 1.82) is 0 Å². The number of nitrogens with zero attached hydrogens (tertiary/aromatic N) is 6. The number of hydrogen-bond acceptors (Lipinski definition) is 6. The van der Waals surface area contributed by atoms with Crippen LogP contribution in [-0.2, 0) is 12.5 Å². The molecule has 0 atom stereocenters. The summed E-state index contributed by atoms with van der Waals surface area (Å²) in [7, 11) is 1.97. The topological polar surface area (TPSA) is 50.1 Å². The van der Waals surface area contributed by atoms with Crippen LogP contribution in [-0.4, -0.2) is 63.1 Å². The highest BCUT2D eigenvalue weighted by Crippen LogP contribution is 2.37. The predicted octanol–water partition coefficient (Wildman–Crippen LogP) is 4.08. The Kier molecular flexibility index (Phi) is 6.68. The van der Waals surface area contributed by atoms with Gasteiger partial charge in [0.25, 0.3) is 0 Å². The number of thioether (sulfide) groups is 1. The Hall–Kier alpha value is -1.60. The third-order valence-corrected chi connectivity index (χ3v) is 7.19. The molecule has 3 heterocycles. The first-order valence-corrected chi connectivity index (χ1v) is 12.4. The normalized spacial score (nSPS) is 18.6. The van der Waals surface area contributed by atoms with Crippen LogP contribution < -0.4 is 4.90 Å². The fourth-order valence-corrected chi connectivity index (χ4v) is 4.83. The zero-order valence-corrected chi connectivity index (χ0v) is 19.8. The molecule has 0 unspecified atom stereocenters. The van der Waals surface area contributed by atoms with Crippen LogP contribution in [0, 0.1) is 0 Å². The van der Waals surface area contributed by atoms with Crippen molar-refractivity contribution >= 4 is 17.6 Å². The summed E-state index contributed by atoms with van der Waals surface area (Å²) in [6.45, 7) is 12.2. The molecular formula is C23H36N6S. The van der Waals surface area contributed by atoms with E-state index in [9.17, 15) is 0 Å². The summed E-state index contributed by atoms with van der Waals surface area (Å²) in [5.74, 6) is 3.91. The van der Waals surface area contributed by atoms with E-state index in [2.05, 4.69) is 47.8 Å². The summed E-state index contributed by atoms with van der Waals surface area (Å²) in [5, 5.41) is 5.57. The first kappa shape index (κ1) is 21.6. The highest BCUT2D eigenvalue weighted by Gasteiger charge is 2.27. The highest BCUT2D eigenvalue weighted by molar-refractivity contribution is 7.99. The van der Waals surface area contributed by atoms with Gasteiger partial charge >= 0.3 is 0 Å². The molecule has 2 aliphatic rings. The second-order valence-corrected chi connectivity index (χ2v) is 10.8.